The Morgan fingerprint density at radius 2 is 1.80 bits per heavy atom. The van der Waals surface area contributed by atoms with Crippen molar-refractivity contribution >= 4 is 58.0 Å². The summed E-state index contributed by atoms with van der Waals surface area (Å²) >= 11 is 5.30. The van der Waals surface area contributed by atoms with Crippen molar-refractivity contribution in [3.05, 3.63) is 82.0 Å². The zero-order valence-corrected chi connectivity index (χ0v) is 19.0. The highest BCUT2D eigenvalue weighted by Crippen LogP contribution is 2.44. The average molecular weight is 455 g/mol. The summed E-state index contributed by atoms with van der Waals surface area (Å²) in [5, 5.41) is 4.88. The Balaban J connectivity index is 1.54. The number of benzene rings is 2. The molecule has 1 aromatic heterocycles. The SMILES string of the molecule is CN(C(=O)c1cccs1)c1ccccc1C(=O)Nc1cccc(C2SCCCS2)c1. The first-order chi connectivity index (χ1) is 14.6. The van der Waals surface area contributed by atoms with Crippen LogP contribution in [0.2, 0.25) is 0 Å². The van der Waals surface area contributed by atoms with Crippen molar-refractivity contribution in [1.82, 2.24) is 0 Å². The number of thioether (sulfide) groups is 2. The van der Waals surface area contributed by atoms with Crippen LogP contribution in [0.5, 0.6) is 0 Å². The molecule has 1 aliphatic heterocycles. The lowest BCUT2D eigenvalue weighted by atomic mass is 10.1. The number of amides is 2. The molecule has 0 saturated carbocycles. The molecule has 30 heavy (non-hydrogen) atoms. The molecule has 0 spiro atoms. The van der Waals surface area contributed by atoms with Crippen LogP contribution in [-0.2, 0) is 0 Å². The van der Waals surface area contributed by atoms with Gasteiger partial charge in [0.1, 0.15) is 0 Å². The van der Waals surface area contributed by atoms with Crippen molar-refractivity contribution in [2.45, 2.75) is 11.0 Å². The molecule has 2 heterocycles. The largest absolute Gasteiger partial charge is 0.322 e. The van der Waals surface area contributed by atoms with E-state index < -0.39 is 0 Å². The molecular formula is C23H22N2O2S3. The fourth-order valence-corrected chi connectivity index (χ4v) is 6.85. The summed E-state index contributed by atoms with van der Waals surface area (Å²) in [5.74, 6) is 1.99. The molecule has 4 nitrogen and oxygen atoms in total. The Labute approximate surface area is 189 Å². The molecule has 2 aromatic carbocycles. The highest BCUT2D eigenvalue weighted by atomic mass is 32.2. The van der Waals surface area contributed by atoms with E-state index in [1.165, 1.54) is 39.7 Å². The molecule has 1 aliphatic rings. The monoisotopic (exact) mass is 454 g/mol. The quantitative estimate of drug-likeness (QED) is 0.503. The number of anilines is 2. The van der Waals surface area contributed by atoms with E-state index in [2.05, 4.69) is 17.4 Å². The van der Waals surface area contributed by atoms with Gasteiger partial charge in [-0.05, 0) is 59.2 Å². The number of hydrogen-bond acceptors (Lipinski definition) is 5. The Hall–Kier alpha value is -2.22. The van der Waals surface area contributed by atoms with Crippen molar-refractivity contribution in [2.24, 2.45) is 0 Å². The first-order valence-corrected chi connectivity index (χ1v) is 12.7. The molecule has 0 radical (unpaired) electrons. The third-order valence-corrected chi connectivity index (χ3v) is 8.66. The topological polar surface area (TPSA) is 49.4 Å². The number of hydrogen-bond donors (Lipinski definition) is 1. The van der Waals surface area contributed by atoms with Crippen molar-refractivity contribution in [1.29, 1.82) is 0 Å². The van der Waals surface area contributed by atoms with Gasteiger partial charge in [0.05, 0.1) is 20.7 Å². The van der Waals surface area contributed by atoms with Gasteiger partial charge in [0.2, 0.25) is 0 Å². The maximum atomic E-state index is 13.1. The fourth-order valence-electron chi connectivity index (χ4n) is 3.27. The van der Waals surface area contributed by atoms with E-state index in [4.69, 9.17) is 0 Å². The van der Waals surface area contributed by atoms with E-state index >= 15 is 0 Å². The number of nitrogens with one attached hydrogen (secondary N) is 1. The average Bonchev–Trinajstić information content (AvgIpc) is 3.34. The molecule has 4 rings (SSSR count). The lowest BCUT2D eigenvalue weighted by molar-refractivity contribution is 0.0996. The summed E-state index contributed by atoms with van der Waals surface area (Å²) in [6.45, 7) is 0. The molecular weight excluding hydrogens is 432 g/mol. The fraction of sp³-hybridized carbons (Fsp3) is 0.217. The standard InChI is InChI=1S/C23H22N2O2S3/c1-25(22(27)20-11-5-12-28-20)19-10-3-2-9-18(19)21(26)24-17-8-4-7-16(15-17)23-29-13-6-14-30-23/h2-5,7-12,15,23H,6,13-14H2,1H3,(H,24,26). The van der Waals surface area contributed by atoms with E-state index in [0.717, 1.165) is 5.69 Å². The molecule has 0 aliphatic carbocycles. The van der Waals surface area contributed by atoms with Crippen LogP contribution in [0, 0.1) is 0 Å². The van der Waals surface area contributed by atoms with Gasteiger partial charge in [-0.25, -0.2) is 0 Å². The number of carbonyl (C=O) groups excluding carboxylic acids is 2. The minimum absolute atomic E-state index is 0.126. The molecule has 0 bridgehead atoms. The third kappa shape index (κ3) is 4.74. The Morgan fingerprint density at radius 1 is 1.00 bits per heavy atom. The van der Waals surface area contributed by atoms with Crippen molar-refractivity contribution in [3.8, 4) is 0 Å². The molecule has 2 amide bonds. The van der Waals surface area contributed by atoms with Crippen LogP contribution in [-0.4, -0.2) is 30.4 Å². The Morgan fingerprint density at radius 3 is 2.57 bits per heavy atom. The molecule has 154 valence electrons. The van der Waals surface area contributed by atoms with Gasteiger partial charge in [0, 0.05) is 12.7 Å². The number of rotatable bonds is 5. The van der Waals surface area contributed by atoms with Gasteiger partial charge in [0.25, 0.3) is 11.8 Å². The summed E-state index contributed by atoms with van der Waals surface area (Å²) in [4.78, 5) is 28.0. The second-order valence-corrected chi connectivity index (χ2v) is 10.5. The van der Waals surface area contributed by atoms with Gasteiger partial charge < -0.3 is 10.2 Å². The highest BCUT2D eigenvalue weighted by molar-refractivity contribution is 8.16. The predicted molar refractivity (Wildman–Crippen MR) is 130 cm³/mol. The molecule has 1 saturated heterocycles. The number of nitrogens with zero attached hydrogens (tertiary/aromatic N) is 1. The van der Waals surface area contributed by atoms with Gasteiger partial charge >= 0.3 is 0 Å². The summed E-state index contributed by atoms with van der Waals surface area (Å²) < 4.78 is 0.414. The van der Waals surface area contributed by atoms with E-state index in [1.807, 2.05) is 59.2 Å². The van der Waals surface area contributed by atoms with Gasteiger partial charge in [0.15, 0.2) is 0 Å². The lowest BCUT2D eigenvalue weighted by Crippen LogP contribution is -2.28. The van der Waals surface area contributed by atoms with Crippen LogP contribution >= 0.6 is 34.9 Å². The van der Waals surface area contributed by atoms with Crippen molar-refractivity contribution < 1.29 is 9.59 Å². The summed E-state index contributed by atoms with van der Waals surface area (Å²) in [6, 6.07) is 18.9. The van der Waals surface area contributed by atoms with Crippen LogP contribution in [0.1, 0.15) is 36.6 Å². The maximum Gasteiger partial charge on any atom is 0.268 e. The van der Waals surface area contributed by atoms with Gasteiger partial charge in [-0.1, -0.05) is 30.3 Å². The number of carbonyl (C=O) groups is 2. The van der Waals surface area contributed by atoms with Gasteiger partial charge in [-0.2, -0.15) is 0 Å². The minimum atomic E-state index is -0.225. The zero-order chi connectivity index (χ0) is 20.9. The molecule has 1 fully saturated rings. The van der Waals surface area contributed by atoms with Crippen LogP contribution in [0.15, 0.2) is 66.0 Å². The van der Waals surface area contributed by atoms with E-state index in [-0.39, 0.29) is 11.8 Å². The van der Waals surface area contributed by atoms with E-state index in [0.29, 0.717) is 20.7 Å². The Bertz CT molecular complexity index is 1030. The number of thiophene rings is 1. The first-order valence-electron chi connectivity index (χ1n) is 9.68. The van der Waals surface area contributed by atoms with Gasteiger partial charge in [-0.15, -0.1) is 34.9 Å². The smallest absolute Gasteiger partial charge is 0.268 e. The third-order valence-electron chi connectivity index (χ3n) is 4.79. The van der Waals surface area contributed by atoms with Crippen molar-refractivity contribution in [3.63, 3.8) is 0 Å². The summed E-state index contributed by atoms with van der Waals surface area (Å²) in [7, 11) is 1.70. The zero-order valence-electron chi connectivity index (χ0n) is 16.5. The van der Waals surface area contributed by atoms with Gasteiger partial charge in [-0.3, -0.25) is 9.59 Å². The summed E-state index contributed by atoms with van der Waals surface area (Å²) in [6.07, 6.45) is 1.25. The second kappa shape index (κ2) is 9.73. The Kier molecular flexibility index (Phi) is 6.82. The van der Waals surface area contributed by atoms with Crippen LogP contribution in [0.4, 0.5) is 11.4 Å². The van der Waals surface area contributed by atoms with Crippen LogP contribution in [0.3, 0.4) is 0 Å². The molecule has 0 unspecified atom stereocenters. The normalized spacial score (nSPS) is 14.3. The van der Waals surface area contributed by atoms with E-state index in [1.54, 1.807) is 25.2 Å². The minimum Gasteiger partial charge on any atom is -0.322 e. The second-order valence-electron chi connectivity index (χ2n) is 6.87. The lowest BCUT2D eigenvalue weighted by Gasteiger charge is -2.22. The number of para-hydroxylation sites is 1. The first kappa shape index (κ1) is 21.0. The van der Waals surface area contributed by atoms with Crippen LogP contribution in [0.25, 0.3) is 0 Å². The predicted octanol–water partition coefficient (Wildman–Crippen LogP) is 6.15. The molecule has 7 heteroatoms. The molecule has 0 atom stereocenters. The van der Waals surface area contributed by atoms with Crippen LogP contribution < -0.4 is 10.2 Å². The van der Waals surface area contributed by atoms with E-state index in [9.17, 15) is 9.59 Å². The highest BCUT2D eigenvalue weighted by Gasteiger charge is 2.21. The molecule has 1 N–H and O–H groups in total. The summed E-state index contributed by atoms with van der Waals surface area (Å²) in [5.41, 5.74) is 3.05. The molecule has 3 aromatic rings. The van der Waals surface area contributed by atoms with Crippen molar-refractivity contribution in [2.75, 3.05) is 28.8 Å². The maximum absolute atomic E-state index is 13.1.